The van der Waals surface area contributed by atoms with Crippen molar-refractivity contribution >= 4 is 17.4 Å². The van der Waals surface area contributed by atoms with E-state index in [1.165, 1.54) is 24.4 Å². The van der Waals surface area contributed by atoms with Crippen molar-refractivity contribution in [3.8, 4) is 0 Å². The topological polar surface area (TPSA) is 58.1 Å². The molecule has 2 aliphatic rings. The lowest BCUT2D eigenvalue weighted by atomic mass is 10.1. The van der Waals surface area contributed by atoms with Crippen molar-refractivity contribution in [1.82, 2.24) is 19.6 Å². The van der Waals surface area contributed by atoms with Crippen molar-refractivity contribution in [3.63, 3.8) is 0 Å². The standard InChI is InChI=1S/C14H22N4OS/c1-8(2)18-6-9(3)11(7-18)15-13(19)14-16-12(17-20-14)10-4-5-10/h8-11H,4-7H2,1-3H3,(H,15,19)/t9-,11+/m0/s1. The lowest BCUT2D eigenvalue weighted by molar-refractivity contribution is 0.0930. The molecule has 6 heteroatoms. The fourth-order valence-electron chi connectivity index (χ4n) is 2.68. The molecule has 0 spiro atoms. The van der Waals surface area contributed by atoms with E-state index < -0.39 is 0 Å². The van der Waals surface area contributed by atoms with E-state index >= 15 is 0 Å². The second-order valence-corrected chi connectivity index (χ2v) is 7.09. The highest BCUT2D eigenvalue weighted by Gasteiger charge is 2.33. The van der Waals surface area contributed by atoms with E-state index in [0.29, 0.717) is 22.9 Å². The number of rotatable bonds is 4. The number of nitrogens with zero attached hydrogens (tertiary/aromatic N) is 3. The molecular formula is C14H22N4OS. The fraction of sp³-hybridized carbons (Fsp3) is 0.786. The summed E-state index contributed by atoms with van der Waals surface area (Å²) in [5, 5.41) is 3.65. The van der Waals surface area contributed by atoms with Gasteiger partial charge in [0.15, 0.2) is 0 Å². The van der Waals surface area contributed by atoms with Gasteiger partial charge in [-0.1, -0.05) is 6.92 Å². The van der Waals surface area contributed by atoms with Gasteiger partial charge in [-0.3, -0.25) is 9.69 Å². The van der Waals surface area contributed by atoms with Crippen molar-refractivity contribution in [1.29, 1.82) is 0 Å². The van der Waals surface area contributed by atoms with E-state index in [1.807, 2.05) is 0 Å². The summed E-state index contributed by atoms with van der Waals surface area (Å²) < 4.78 is 4.30. The van der Waals surface area contributed by atoms with Crippen molar-refractivity contribution in [2.24, 2.45) is 5.92 Å². The Morgan fingerprint density at radius 2 is 2.15 bits per heavy atom. The molecule has 1 aromatic heterocycles. The van der Waals surface area contributed by atoms with Gasteiger partial charge < -0.3 is 5.32 Å². The normalized spacial score (nSPS) is 27.2. The molecule has 0 unspecified atom stereocenters. The monoisotopic (exact) mass is 294 g/mol. The molecule has 1 saturated carbocycles. The molecule has 2 heterocycles. The fourth-order valence-corrected chi connectivity index (χ4v) is 3.32. The Labute approximate surface area is 123 Å². The van der Waals surface area contributed by atoms with Crippen molar-refractivity contribution in [2.75, 3.05) is 13.1 Å². The number of carbonyl (C=O) groups is 1. The molecule has 1 N–H and O–H groups in total. The second-order valence-electron chi connectivity index (χ2n) is 6.34. The van der Waals surface area contributed by atoms with Gasteiger partial charge in [-0.05, 0) is 44.1 Å². The predicted octanol–water partition coefficient (Wildman–Crippen LogP) is 1.87. The first-order valence-electron chi connectivity index (χ1n) is 7.43. The second kappa shape index (κ2) is 5.41. The summed E-state index contributed by atoms with van der Waals surface area (Å²) >= 11 is 1.23. The van der Waals surface area contributed by atoms with E-state index in [-0.39, 0.29) is 11.9 Å². The zero-order valence-corrected chi connectivity index (χ0v) is 13.1. The zero-order chi connectivity index (χ0) is 14.3. The van der Waals surface area contributed by atoms with E-state index in [1.54, 1.807) is 0 Å². The molecule has 1 aliphatic heterocycles. The van der Waals surface area contributed by atoms with Crippen LogP contribution >= 0.6 is 11.5 Å². The molecule has 5 nitrogen and oxygen atoms in total. The number of nitrogens with one attached hydrogen (secondary N) is 1. The van der Waals surface area contributed by atoms with Gasteiger partial charge in [-0.2, -0.15) is 4.37 Å². The predicted molar refractivity (Wildman–Crippen MR) is 79.0 cm³/mol. The molecule has 20 heavy (non-hydrogen) atoms. The van der Waals surface area contributed by atoms with Gasteiger partial charge in [0.25, 0.3) is 5.91 Å². The SMILES string of the molecule is CC(C)N1C[C@H](C)[C@H](NC(=O)c2nc(C3CC3)ns2)C1. The lowest BCUT2D eigenvalue weighted by Gasteiger charge is -2.20. The molecule has 0 bridgehead atoms. The Bertz CT molecular complexity index is 497. The molecule has 1 amide bonds. The van der Waals surface area contributed by atoms with Crippen molar-refractivity contribution in [3.05, 3.63) is 10.8 Å². The highest BCUT2D eigenvalue weighted by molar-refractivity contribution is 7.07. The van der Waals surface area contributed by atoms with Crippen LogP contribution in [0.2, 0.25) is 0 Å². The van der Waals surface area contributed by atoms with Crippen LogP contribution in [0.15, 0.2) is 0 Å². The molecule has 3 rings (SSSR count). The van der Waals surface area contributed by atoms with Crippen LogP contribution < -0.4 is 5.32 Å². The minimum atomic E-state index is -0.0585. The van der Waals surface area contributed by atoms with Crippen LogP contribution in [0.25, 0.3) is 0 Å². The van der Waals surface area contributed by atoms with Gasteiger partial charge in [0.2, 0.25) is 5.01 Å². The molecule has 110 valence electrons. The van der Waals surface area contributed by atoms with Crippen LogP contribution in [0.5, 0.6) is 0 Å². The minimum absolute atomic E-state index is 0.0585. The van der Waals surface area contributed by atoms with E-state index in [4.69, 9.17) is 0 Å². The maximum absolute atomic E-state index is 12.3. The van der Waals surface area contributed by atoms with Crippen LogP contribution in [-0.4, -0.2) is 45.3 Å². The summed E-state index contributed by atoms with van der Waals surface area (Å²) in [6.45, 7) is 8.57. The quantitative estimate of drug-likeness (QED) is 0.921. The summed E-state index contributed by atoms with van der Waals surface area (Å²) in [6.07, 6.45) is 2.33. The van der Waals surface area contributed by atoms with E-state index in [2.05, 4.69) is 40.3 Å². The largest absolute Gasteiger partial charge is 0.346 e. The first-order chi connectivity index (χ1) is 9.54. The number of aromatic nitrogens is 2. The minimum Gasteiger partial charge on any atom is -0.346 e. The Balaban J connectivity index is 1.60. The van der Waals surface area contributed by atoms with Crippen LogP contribution in [0, 0.1) is 5.92 Å². The first-order valence-corrected chi connectivity index (χ1v) is 8.20. The third-order valence-electron chi connectivity index (χ3n) is 4.27. The van der Waals surface area contributed by atoms with Gasteiger partial charge in [0, 0.05) is 31.1 Å². The third kappa shape index (κ3) is 2.86. The molecule has 1 saturated heterocycles. The maximum atomic E-state index is 12.3. The summed E-state index contributed by atoms with van der Waals surface area (Å²) in [4.78, 5) is 19.0. The van der Waals surface area contributed by atoms with Gasteiger partial charge in [-0.15, -0.1) is 0 Å². The number of hydrogen-bond donors (Lipinski definition) is 1. The maximum Gasteiger partial charge on any atom is 0.282 e. The highest BCUT2D eigenvalue weighted by Crippen LogP contribution is 2.38. The Kier molecular flexibility index (Phi) is 3.77. The van der Waals surface area contributed by atoms with Crippen molar-refractivity contribution < 1.29 is 4.79 Å². The summed E-state index contributed by atoms with van der Waals surface area (Å²) in [6, 6.07) is 0.750. The Morgan fingerprint density at radius 1 is 1.40 bits per heavy atom. The molecule has 0 radical (unpaired) electrons. The molecule has 2 atom stereocenters. The van der Waals surface area contributed by atoms with Gasteiger partial charge >= 0.3 is 0 Å². The van der Waals surface area contributed by atoms with Crippen LogP contribution in [0.3, 0.4) is 0 Å². The first kappa shape index (κ1) is 13.9. The summed E-state index contributed by atoms with van der Waals surface area (Å²) in [5.41, 5.74) is 0. The number of likely N-dealkylation sites (tertiary alicyclic amines) is 1. The smallest absolute Gasteiger partial charge is 0.282 e. The molecule has 2 fully saturated rings. The number of amides is 1. The molecule has 1 aliphatic carbocycles. The molecule has 0 aromatic carbocycles. The number of hydrogen-bond acceptors (Lipinski definition) is 5. The van der Waals surface area contributed by atoms with Crippen LogP contribution in [0.4, 0.5) is 0 Å². The van der Waals surface area contributed by atoms with Crippen molar-refractivity contribution in [2.45, 2.75) is 51.6 Å². The van der Waals surface area contributed by atoms with Gasteiger partial charge in [-0.25, -0.2) is 4.98 Å². The molecule has 1 aromatic rings. The van der Waals surface area contributed by atoms with E-state index in [9.17, 15) is 4.79 Å². The van der Waals surface area contributed by atoms with Crippen LogP contribution in [0.1, 0.15) is 55.2 Å². The van der Waals surface area contributed by atoms with E-state index in [0.717, 1.165) is 18.9 Å². The zero-order valence-electron chi connectivity index (χ0n) is 12.3. The summed E-state index contributed by atoms with van der Waals surface area (Å²) in [7, 11) is 0. The number of carbonyl (C=O) groups excluding carboxylic acids is 1. The van der Waals surface area contributed by atoms with Gasteiger partial charge in [0.1, 0.15) is 5.82 Å². The third-order valence-corrected chi connectivity index (χ3v) is 4.99. The Morgan fingerprint density at radius 3 is 2.75 bits per heavy atom. The highest BCUT2D eigenvalue weighted by atomic mass is 32.1. The van der Waals surface area contributed by atoms with Crippen LogP contribution in [-0.2, 0) is 0 Å². The average molecular weight is 294 g/mol. The lowest BCUT2D eigenvalue weighted by Crippen LogP contribution is -2.40. The molecular weight excluding hydrogens is 272 g/mol. The van der Waals surface area contributed by atoms with Gasteiger partial charge in [0.05, 0.1) is 0 Å². The Hall–Kier alpha value is -1.01. The summed E-state index contributed by atoms with van der Waals surface area (Å²) in [5.74, 6) is 1.80. The average Bonchev–Trinajstić information content (AvgIpc) is 3.01.